The third-order valence-electron chi connectivity index (χ3n) is 4.51. The molecule has 2 nitrogen and oxygen atoms in total. The zero-order valence-corrected chi connectivity index (χ0v) is 12.8. The van der Waals surface area contributed by atoms with E-state index in [1.165, 1.54) is 34.9 Å². The van der Waals surface area contributed by atoms with E-state index in [1.54, 1.807) is 0 Å². The van der Waals surface area contributed by atoms with Crippen molar-refractivity contribution in [1.29, 1.82) is 0 Å². The number of nitrogens with one attached hydrogen (secondary N) is 1. The summed E-state index contributed by atoms with van der Waals surface area (Å²) in [6, 6.07) is 7.76. The second kappa shape index (κ2) is 5.94. The molecule has 0 radical (unpaired) electrons. The van der Waals surface area contributed by atoms with Gasteiger partial charge in [-0.2, -0.15) is 0 Å². The van der Waals surface area contributed by atoms with Gasteiger partial charge in [-0.3, -0.25) is 0 Å². The zero-order valence-electron chi connectivity index (χ0n) is 11.2. The summed E-state index contributed by atoms with van der Waals surface area (Å²) in [6.07, 6.45) is 7.74. The molecular weight excluding hydrogens is 302 g/mol. The van der Waals surface area contributed by atoms with E-state index < -0.39 is 0 Å². The van der Waals surface area contributed by atoms with E-state index in [2.05, 4.69) is 39.4 Å². The van der Waals surface area contributed by atoms with Gasteiger partial charge in [-0.05, 0) is 68.2 Å². The van der Waals surface area contributed by atoms with Gasteiger partial charge in [-0.15, -0.1) is 0 Å². The summed E-state index contributed by atoms with van der Waals surface area (Å²) in [5.41, 5.74) is 2.99. The van der Waals surface area contributed by atoms with Crippen LogP contribution in [0.2, 0.25) is 0 Å². The number of halogens is 1. The Hall–Kier alpha value is -0.380. The standard InChI is InChI=1S/C16H22BrNO/c17-13-6-4-12-9-15(7-5-11(12)8-13)18-14-2-1-3-16(19)10-14/h4,6,8,14-16,18-19H,1-3,5,7,9-10H2. The molecule has 3 unspecified atom stereocenters. The number of benzene rings is 1. The average molecular weight is 324 g/mol. The summed E-state index contributed by atoms with van der Waals surface area (Å²) in [7, 11) is 0. The number of hydrogen-bond acceptors (Lipinski definition) is 2. The normalized spacial score (nSPS) is 30.9. The minimum absolute atomic E-state index is 0.0851. The largest absolute Gasteiger partial charge is 0.393 e. The first-order valence-electron chi connectivity index (χ1n) is 7.42. The van der Waals surface area contributed by atoms with Crippen LogP contribution in [0, 0.1) is 0 Å². The van der Waals surface area contributed by atoms with Crippen molar-refractivity contribution in [2.75, 3.05) is 0 Å². The number of aliphatic hydroxyl groups excluding tert-OH is 1. The Labute approximate surface area is 123 Å². The van der Waals surface area contributed by atoms with Gasteiger partial charge in [0.1, 0.15) is 0 Å². The Morgan fingerprint density at radius 3 is 2.84 bits per heavy atom. The maximum Gasteiger partial charge on any atom is 0.0555 e. The summed E-state index contributed by atoms with van der Waals surface area (Å²) in [6.45, 7) is 0. The number of fused-ring (bicyclic) bond motifs is 1. The predicted molar refractivity (Wildman–Crippen MR) is 81.4 cm³/mol. The topological polar surface area (TPSA) is 32.3 Å². The Morgan fingerprint density at radius 2 is 2.00 bits per heavy atom. The fraction of sp³-hybridized carbons (Fsp3) is 0.625. The molecule has 3 atom stereocenters. The molecule has 2 aliphatic carbocycles. The third kappa shape index (κ3) is 3.39. The van der Waals surface area contributed by atoms with Gasteiger partial charge in [0.2, 0.25) is 0 Å². The van der Waals surface area contributed by atoms with Gasteiger partial charge in [0, 0.05) is 16.6 Å². The van der Waals surface area contributed by atoms with Crippen LogP contribution in [0.25, 0.3) is 0 Å². The van der Waals surface area contributed by atoms with Crippen LogP contribution in [0.5, 0.6) is 0 Å². The molecule has 1 aromatic rings. The second-order valence-corrected chi connectivity index (χ2v) is 6.95. The van der Waals surface area contributed by atoms with E-state index in [1.807, 2.05) is 0 Å². The number of hydrogen-bond donors (Lipinski definition) is 2. The monoisotopic (exact) mass is 323 g/mol. The predicted octanol–water partition coefficient (Wildman–Crippen LogP) is 3.20. The Balaban J connectivity index is 1.61. The molecule has 0 aromatic heterocycles. The Bertz CT molecular complexity index is 448. The highest BCUT2D eigenvalue weighted by Gasteiger charge is 2.25. The van der Waals surface area contributed by atoms with Gasteiger partial charge < -0.3 is 10.4 Å². The van der Waals surface area contributed by atoms with Crippen molar-refractivity contribution in [3.05, 3.63) is 33.8 Å². The van der Waals surface area contributed by atoms with Crippen molar-refractivity contribution >= 4 is 15.9 Å². The lowest BCUT2D eigenvalue weighted by Gasteiger charge is -2.33. The van der Waals surface area contributed by atoms with Gasteiger partial charge in [0.05, 0.1) is 6.10 Å². The van der Waals surface area contributed by atoms with Crippen molar-refractivity contribution in [3.8, 4) is 0 Å². The smallest absolute Gasteiger partial charge is 0.0555 e. The molecule has 3 heteroatoms. The first-order chi connectivity index (χ1) is 9.20. The minimum atomic E-state index is -0.0851. The molecule has 19 heavy (non-hydrogen) atoms. The van der Waals surface area contributed by atoms with Crippen molar-refractivity contribution < 1.29 is 5.11 Å². The molecule has 1 saturated carbocycles. The summed E-state index contributed by atoms with van der Waals surface area (Å²) in [4.78, 5) is 0. The lowest BCUT2D eigenvalue weighted by molar-refractivity contribution is 0.108. The van der Waals surface area contributed by atoms with E-state index in [-0.39, 0.29) is 6.10 Å². The van der Waals surface area contributed by atoms with Gasteiger partial charge >= 0.3 is 0 Å². The summed E-state index contributed by atoms with van der Waals surface area (Å²) in [5, 5.41) is 13.5. The van der Waals surface area contributed by atoms with Crippen LogP contribution in [-0.4, -0.2) is 23.3 Å². The van der Waals surface area contributed by atoms with Crippen LogP contribution in [0.3, 0.4) is 0 Å². The number of aliphatic hydroxyl groups is 1. The van der Waals surface area contributed by atoms with Crippen molar-refractivity contribution in [1.82, 2.24) is 5.32 Å². The lowest BCUT2D eigenvalue weighted by atomic mass is 9.86. The fourth-order valence-corrected chi connectivity index (χ4v) is 3.92. The van der Waals surface area contributed by atoms with E-state index in [0.717, 1.165) is 25.7 Å². The highest BCUT2D eigenvalue weighted by Crippen LogP contribution is 2.26. The van der Waals surface area contributed by atoms with Crippen LogP contribution in [0.1, 0.15) is 43.2 Å². The van der Waals surface area contributed by atoms with Crippen LogP contribution >= 0.6 is 15.9 Å². The number of aryl methyl sites for hydroxylation is 1. The van der Waals surface area contributed by atoms with Crippen LogP contribution in [0.15, 0.2) is 22.7 Å². The summed E-state index contributed by atoms with van der Waals surface area (Å²) >= 11 is 3.55. The number of rotatable bonds is 2. The molecule has 1 fully saturated rings. The van der Waals surface area contributed by atoms with E-state index in [4.69, 9.17) is 0 Å². The molecule has 3 rings (SSSR count). The third-order valence-corrected chi connectivity index (χ3v) is 5.01. The van der Waals surface area contributed by atoms with Crippen LogP contribution < -0.4 is 5.32 Å². The second-order valence-electron chi connectivity index (χ2n) is 6.04. The van der Waals surface area contributed by atoms with Crippen LogP contribution in [-0.2, 0) is 12.8 Å². The lowest BCUT2D eigenvalue weighted by Crippen LogP contribution is -2.44. The first kappa shape index (κ1) is 13.6. The Morgan fingerprint density at radius 1 is 1.11 bits per heavy atom. The molecule has 0 aliphatic heterocycles. The highest BCUT2D eigenvalue weighted by atomic mass is 79.9. The zero-order chi connectivity index (χ0) is 13.2. The molecule has 0 heterocycles. The van der Waals surface area contributed by atoms with Gasteiger partial charge in [-0.1, -0.05) is 22.0 Å². The summed E-state index contributed by atoms with van der Waals surface area (Å²) in [5.74, 6) is 0. The van der Waals surface area contributed by atoms with E-state index in [9.17, 15) is 5.11 Å². The summed E-state index contributed by atoms with van der Waals surface area (Å²) < 4.78 is 1.19. The Kier molecular flexibility index (Phi) is 4.25. The molecule has 1 aromatic carbocycles. The molecule has 104 valence electrons. The van der Waals surface area contributed by atoms with E-state index in [0.29, 0.717) is 12.1 Å². The average Bonchev–Trinajstić information content (AvgIpc) is 2.39. The fourth-order valence-electron chi connectivity index (χ4n) is 3.51. The van der Waals surface area contributed by atoms with E-state index >= 15 is 0 Å². The first-order valence-corrected chi connectivity index (χ1v) is 8.21. The highest BCUT2D eigenvalue weighted by molar-refractivity contribution is 9.10. The van der Waals surface area contributed by atoms with Crippen LogP contribution in [0.4, 0.5) is 0 Å². The molecule has 2 aliphatic rings. The molecular formula is C16H22BrNO. The van der Waals surface area contributed by atoms with Crippen molar-refractivity contribution in [2.24, 2.45) is 0 Å². The maximum atomic E-state index is 9.75. The van der Waals surface area contributed by atoms with Gasteiger partial charge in [0.15, 0.2) is 0 Å². The molecule has 0 spiro atoms. The molecule has 2 N–H and O–H groups in total. The minimum Gasteiger partial charge on any atom is -0.393 e. The molecule has 0 saturated heterocycles. The maximum absolute atomic E-state index is 9.75. The van der Waals surface area contributed by atoms with Gasteiger partial charge in [0.25, 0.3) is 0 Å². The molecule has 0 bridgehead atoms. The van der Waals surface area contributed by atoms with Crippen molar-refractivity contribution in [3.63, 3.8) is 0 Å². The SMILES string of the molecule is OC1CCCC(NC2CCc3cc(Br)ccc3C2)C1. The van der Waals surface area contributed by atoms with Crippen molar-refractivity contribution in [2.45, 2.75) is 63.1 Å². The molecule has 0 amide bonds. The van der Waals surface area contributed by atoms with Gasteiger partial charge in [-0.25, -0.2) is 0 Å². The quantitative estimate of drug-likeness (QED) is 0.876.